The van der Waals surface area contributed by atoms with Crippen molar-refractivity contribution in [2.24, 2.45) is 5.41 Å². The van der Waals surface area contributed by atoms with Gasteiger partial charge in [-0.15, -0.1) is 0 Å². The van der Waals surface area contributed by atoms with Crippen LogP contribution in [-0.2, 0) is 9.59 Å². The van der Waals surface area contributed by atoms with E-state index in [0.717, 1.165) is 50.3 Å². The molecule has 4 rings (SSSR count). The number of hydrogen-bond acceptors (Lipinski definition) is 3. The van der Waals surface area contributed by atoms with Gasteiger partial charge >= 0.3 is 0 Å². The van der Waals surface area contributed by atoms with Crippen molar-refractivity contribution >= 4 is 17.5 Å². The molecular formula is C18H23N3O2. The molecule has 0 aromatic heterocycles. The van der Waals surface area contributed by atoms with Crippen molar-refractivity contribution in [1.29, 1.82) is 0 Å². The van der Waals surface area contributed by atoms with Gasteiger partial charge in [0, 0.05) is 31.7 Å². The number of benzene rings is 1. The molecular weight excluding hydrogens is 290 g/mol. The average molecular weight is 313 g/mol. The largest absolute Gasteiger partial charge is 0.342 e. The minimum Gasteiger partial charge on any atom is -0.342 e. The SMILES string of the molecule is O=C1CC(C(=O)N2CCC3(CCNC3)CC2)c2ccccc2N1. The van der Waals surface area contributed by atoms with Crippen LogP contribution >= 0.6 is 0 Å². The second-order valence-electron chi connectivity index (χ2n) is 7.14. The first-order valence-corrected chi connectivity index (χ1v) is 8.55. The molecule has 2 saturated heterocycles. The summed E-state index contributed by atoms with van der Waals surface area (Å²) in [7, 11) is 0. The molecule has 3 aliphatic rings. The Hall–Kier alpha value is -1.88. The number of anilines is 1. The summed E-state index contributed by atoms with van der Waals surface area (Å²) in [5.41, 5.74) is 2.15. The van der Waals surface area contributed by atoms with Crippen LogP contribution in [0.15, 0.2) is 24.3 Å². The molecule has 122 valence electrons. The van der Waals surface area contributed by atoms with Crippen LogP contribution in [0.25, 0.3) is 0 Å². The Morgan fingerprint density at radius 2 is 1.96 bits per heavy atom. The first-order chi connectivity index (χ1) is 11.2. The smallest absolute Gasteiger partial charge is 0.230 e. The molecule has 1 unspecified atom stereocenters. The summed E-state index contributed by atoms with van der Waals surface area (Å²) in [4.78, 5) is 26.9. The number of piperidine rings is 1. The van der Waals surface area contributed by atoms with Crippen LogP contribution in [-0.4, -0.2) is 42.9 Å². The fourth-order valence-corrected chi connectivity index (χ4v) is 4.28. The van der Waals surface area contributed by atoms with E-state index in [0.29, 0.717) is 5.41 Å². The summed E-state index contributed by atoms with van der Waals surface area (Å²) in [6, 6.07) is 7.67. The molecule has 0 bridgehead atoms. The fraction of sp³-hybridized carbons (Fsp3) is 0.556. The van der Waals surface area contributed by atoms with Gasteiger partial charge in [-0.2, -0.15) is 0 Å². The van der Waals surface area contributed by atoms with Gasteiger partial charge in [0.05, 0.1) is 5.92 Å². The molecule has 5 nitrogen and oxygen atoms in total. The van der Waals surface area contributed by atoms with E-state index in [1.165, 1.54) is 6.42 Å². The monoisotopic (exact) mass is 313 g/mol. The molecule has 2 fully saturated rings. The summed E-state index contributed by atoms with van der Waals surface area (Å²) in [5.74, 6) is -0.265. The van der Waals surface area contributed by atoms with E-state index < -0.39 is 0 Å². The van der Waals surface area contributed by atoms with Gasteiger partial charge in [0.1, 0.15) is 0 Å². The standard InChI is InChI=1S/C18H23N3O2/c22-16-11-14(13-3-1-2-4-15(13)20-16)17(23)21-9-6-18(7-10-21)5-8-19-12-18/h1-4,14,19H,5-12H2,(H,20,22). The normalized spacial score (nSPS) is 26.0. The number of para-hydroxylation sites is 1. The predicted octanol–water partition coefficient (Wildman–Crippen LogP) is 1.71. The van der Waals surface area contributed by atoms with Gasteiger partial charge in [-0.1, -0.05) is 18.2 Å². The molecule has 23 heavy (non-hydrogen) atoms. The summed E-state index contributed by atoms with van der Waals surface area (Å²) < 4.78 is 0. The number of nitrogens with one attached hydrogen (secondary N) is 2. The molecule has 0 radical (unpaired) electrons. The number of rotatable bonds is 1. The number of carbonyl (C=O) groups excluding carboxylic acids is 2. The molecule has 0 aliphatic carbocycles. The fourth-order valence-electron chi connectivity index (χ4n) is 4.28. The zero-order chi connectivity index (χ0) is 15.9. The van der Waals surface area contributed by atoms with Crippen molar-refractivity contribution < 1.29 is 9.59 Å². The zero-order valence-corrected chi connectivity index (χ0v) is 13.3. The molecule has 3 aliphatic heterocycles. The van der Waals surface area contributed by atoms with Crippen LogP contribution < -0.4 is 10.6 Å². The third kappa shape index (κ3) is 2.63. The van der Waals surface area contributed by atoms with Crippen molar-refractivity contribution in [3.8, 4) is 0 Å². The van der Waals surface area contributed by atoms with Gasteiger partial charge in [0.15, 0.2) is 0 Å². The van der Waals surface area contributed by atoms with E-state index in [4.69, 9.17) is 0 Å². The molecule has 1 spiro atoms. The number of likely N-dealkylation sites (tertiary alicyclic amines) is 1. The second kappa shape index (κ2) is 5.64. The Morgan fingerprint density at radius 1 is 1.17 bits per heavy atom. The lowest BCUT2D eigenvalue weighted by molar-refractivity contribution is -0.137. The van der Waals surface area contributed by atoms with E-state index in [2.05, 4.69) is 10.6 Å². The maximum atomic E-state index is 13.0. The van der Waals surface area contributed by atoms with Gasteiger partial charge < -0.3 is 15.5 Å². The molecule has 1 atom stereocenters. The minimum atomic E-state index is -0.323. The Labute approximate surface area is 136 Å². The van der Waals surface area contributed by atoms with Crippen molar-refractivity contribution in [2.45, 2.75) is 31.6 Å². The predicted molar refractivity (Wildman–Crippen MR) is 88.2 cm³/mol. The highest BCUT2D eigenvalue weighted by molar-refractivity contribution is 6.01. The first kappa shape index (κ1) is 14.7. The topological polar surface area (TPSA) is 61.4 Å². The highest BCUT2D eigenvalue weighted by atomic mass is 16.2. The van der Waals surface area contributed by atoms with Crippen LogP contribution in [0.2, 0.25) is 0 Å². The van der Waals surface area contributed by atoms with E-state index in [-0.39, 0.29) is 24.2 Å². The van der Waals surface area contributed by atoms with Crippen LogP contribution in [0.3, 0.4) is 0 Å². The second-order valence-corrected chi connectivity index (χ2v) is 7.14. The highest BCUT2D eigenvalue weighted by Gasteiger charge is 2.40. The van der Waals surface area contributed by atoms with Crippen LogP contribution in [0, 0.1) is 5.41 Å². The summed E-state index contributed by atoms with van der Waals surface area (Å²) in [5, 5.41) is 6.32. The van der Waals surface area contributed by atoms with Crippen molar-refractivity contribution in [2.75, 3.05) is 31.5 Å². The molecule has 5 heteroatoms. The van der Waals surface area contributed by atoms with Gasteiger partial charge in [0.25, 0.3) is 0 Å². The van der Waals surface area contributed by atoms with Crippen LogP contribution in [0.4, 0.5) is 5.69 Å². The zero-order valence-electron chi connectivity index (χ0n) is 13.3. The number of hydrogen-bond donors (Lipinski definition) is 2. The van der Waals surface area contributed by atoms with E-state index >= 15 is 0 Å². The highest BCUT2D eigenvalue weighted by Crippen LogP contribution is 2.39. The third-order valence-corrected chi connectivity index (χ3v) is 5.77. The maximum absolute atomic E-state index is 13.0. The van der Waals surface area contributed by atoms with Gasteiger partial charge in [-0.3, -0.25) is 9.59 Å². The Morgan fingerprint density at radius 3 is 2.70 bits per heavy atom. The molecule has 1 aromatic carbocycles. The molecule has 2 amide bonds. The summed E-state index contributed by atoms with van der Waals surface area (Å²) in [6.07, 6.45) is 3.64. The van der Waals surface area contributed by atoms with Crippen LogP contribution in [0.1, 0.15) is 37.2 Å². The molecule has 3 heterocycles. The molecule has 0 saturated carbocycles. The molecule has 2 N–H and O–H groups in total. The van der Waals surface area contributed by atoms with Gasteiger partial charge in [-0.25, -0.2) is 0 Å². The third-order valence-electron chi connectivity index (χ3n) is 5.77. The number of carbonyl (C=O) groups is 2. The summed E-state index contributed by atoms with van der Waals surface area (Å²) in [6.45, 7) is 3.83. The van der Waals surface area contributed by atoms with E-state index in [1.807, 2.05) is 29.2 Å². The van der Waals surface area contributed by atoms with Gasteiger partial charge in [-0.05, 0) is 42.9 Å². The average Bonchev–Trinajstić information content (AvgIpc) is 3.02. The number of fused-ring (bicyclic) bond motifs is 1. The van der Waals surface area contributed by atoms with E-state index in [1.54, 1.807) is 0 Å². The Kier molecular flexibility index (Phi) is 3.60. The first-order valence-electron chi connectivity index (χ1n) is 8.55. The van der Waals surface area contributed by atoms with Gasteiger partial charge in [0.2, 0.25) is 11.8 Å². The Balaban J connectivity index is 1.50. The lowest BCUT2D eigenvalue weighted by Gasteiger charge is -2.40. The van der Waals surface area contributed by atoms with Crippen LogP contribution in [0.5, 0.6) is 0 Å². The maximum Gasteiger partial charge on any atom is 0.230 e. The van der Waals surface area contributed by atoms with E-state index in [9.17, 15) is 9.59 Å². The lowest BCUT2D eigenvalue weighted by Crippen LogP contribution is -2.46. The molecule has 1 aromatic rings. The number of amides is 2. The lowest BCUT2D eigenvalue weighted by atomic mass is 9.77. The summed E-state index contributed by atoms with van der Waals surface area (Å²) >= 11 is 0. The minimum absolute atomic E-state index is 0.0597. The van der Waals surface area contributed by atoms with Crippen molar-refractivity contribution in [1.82, 2.24) is 10.2 Å². The number of nitrogens with zero attached hydrogens (tertiary/aromatic N) is 1. The van der Waals surface area contributed by atoms with Crippen molar-refractivity contribution in [3.63, 3.8) is 0 Å². The van der Waals surface area contributed by atoms with Crippen molar-refractivity contribution in [3.05, 3.63) is 29.8 Å². The quantitative estimate of drug-likeness (QED) is 0.830. The Bertz CT molecular complexity index is 627.